The van der Waals surface area contributed by atoms with Crippen molar-refractivity contribution in [1.29, 1.82) is 0 Å². The number of likely N-dealkylation sites (N-methyl/N-ethyl adjacent to an activating group) is 1. The number of carbonyl (C=O) groups excluding carboxylic acids is 1. The third-order valence-electron chi connectivity index (χ3n) is 10.5. The fraction of sp³-hybridized carbons (Fsp3) is 0.933. The summed E-state index contributed by atoms with van der Waals surface area (Å²) in [6, 6.07) is -0.796. The van der Waals surface area contributed by atoms with Crippen LogP contribution in [-0.2, 0) is 18.4 Å². The van der Waals surface area contributed by atoms with E-state index in [9.17, 15) is 19.4 Å². The van der Waals surface area contributed by atoms with Crippen LogP contribution in [0.2, 0.25) is 0 Å². The van der Waals surface area contributed by atoms with Crippen LogP contribution in [0.15, 0.2) is 12.2 Å². The summed E-state index contributed by atoms with van der Waals surface area (Å²) < 4.78 is 23.3. The highest BCUT2D eigenvalue weighted by atomic mass is 31.2. The molecular weight excluding hydrogens is 695 g/mol. The van der Waals surface area contributed by atoms with Gasteiger partial charge in [0.15, 0.2) is 0 Å². The molecule has 0 aliphatic rings. The van der Waals surface area contributed by atoms with Crippen molar-refractivity contribution in [3.63, 3.8) is 0 Å². The Morgan fingerprint density at radius 2 is 1.02 bits per heavy atom. The van der Waals surface area contributed by atoms with E-state index in [1.807, 2.05) is 21.1 Å². The van der Waals surface area contributed by atoms with Crippen LogP contribution in [0.3, 0.4) is 0 Å². The number of quaternary nitrogens is 1. The maximum Gasteiger partial charge on any atom is 0.268 e. The van der Waals surface area contributed by atoms with Crippen LogP contribution < -0.4 is 10.2 Å². The van der Waals surface area contributed by atoms with Crippen LogP contribution >= 0.6 is 7.82 Å². The predicted molar refractivity (Wildman–Crippen MR) is 229 cm³/mol. The lowest BCUT2D eigenvalue weighted by Crippen LogP contribution is -2.46. The molecule has 0 aromatic heterocycles. The van der Waals surface area contributed by atoms with Gasteiger partial charge in [0.25, 0.3) is 7.82 Å². The first-order chi connectivity index (χ1) is 26.0. The van der Waals surface area contributed by atoms with Crippen molar-refractivity contribution < 1.29 is 32.9 Å². The number of nitrogens with zero attached hydrogens (tertiary/aromatic N) is 1. The van der Waals surface area contributed by atoms with Gasteiger partial charge in [-0.3, -0.25) is 9.36 Å². The molecule has 0 rings (SSSR count). The van der Waals surface area contributed by atoms with E-state index in [4.69, 9.17) is 9.05 Å². The second-order valence-electron chi connectivity index (χ2n) is 17.1. The molecule has 54 heavy (non-hydrogen) atoms. The molecule has 1 amide bonds. The molecule has 9 heteroatoms. The number of carbonyl (C=O) groups is 1. The Labute approximate surface area is 335 Å². The minimum Gasteiger partial charge on any atom is -0.756 e. The van der Waals surface area contributed by atoms with E-state index in [0.29, 0.717) is 23.9 Å². The average Bonchev–Trinajstić information content (AvgIpc) is 3.12. The first-order valence-corrected chi connectivity index (χ1v) is 24.5. The van der Waals surface area contributed by atoms with Crippen LogP contribution in [0, 0.1) is 0 Å². The van der Waals surface area contributed by atoms with Crippen molar-refractivity contribution >= 4 is 13.7 Å². The van der Waals surface area contributed by atoms with E-state index >= 15 is 0 Å². The SMILES string of the molecule is CCCCCCCC/C=C\CCCCCCCCCCCC(=O)NC(COP(=O)([O-])OCC[N+](C)(C)C)C(O)CCCCCCCCCCCCCCC. The molecule has 0 aliphatic carbocycles. The van der Waals surface area contributed by atoms with Gasteiger partial charge in [0.05, 0.1) is 39.9 Å². The molecule has 0 radical (unpaired) electrons. The molecule has 322 valence electrons. The van der Waals surface area contributed by atoms with Crippen LogP contribution in [-0.4, -0.2) is 68.5 Å². The van der Waals surface area contributed by atoms with Crippen LogP contribution in [0.5, 0.6) is 0 Å². The van der Waals surface area contributed by atoms with Gasteiger partial charge in [-0.15, -0.1) is 0 Å². The van der Waals surface area contributed by atoms with Gasteiger partial charge in [0.1, 0.15) is 13.2 Å². The van der Waals surface area contributed by atoms with Crippen molar-refractivity contribution in [1.82, 2.24) is 5.32 Å². The molecule has 8 nitrogen and oxygen atoms in total. The lowest BCUT2D eigenvalue weighted by Gasteiger charge is -2.30. The van der Waals surface area contributed by atoms with E-state index < -0.39 is 20.0 Å². The topological polar surface area (TPSA) is 108 Å². The Balaban J connectivity index is 4.30. The highest BCUT2D eigenvalue weighted by Gasteiger charge is 2.24. The molecule has 0 spiro atoms. The molecule has 0 fully saturated rings. The average molecular weight is 787 g/mol. The number of aliphatic hydroxyl groups excluding tert-OH is 1. The van der Waals surface area contributed by atoms with Gasteiger partial charge >= 0.3 is 0 Å². The number of allylic oxidation sites excluding steroid dienone is 2. The lowest BCUT2D eigenvalue weighted by molar-refractivity contribution is -0.870. The Hall–Kier alpha value is -0.760. The zero-order chi connectivity index (χ0) is 40.0. The minimum absolute atomic E-state index is 0.0137. The van der Waals surface area contributed by atoms with E-state index in [1.54, 1.807) is 0 Å². The Kier molecular flexibility index (Phi) is 37.3. The second-order valence-corrected chi connectivity index (χ2v) is 18.5. The zero-order valence-corrected chi connectivity index (χ0v) is 37.3. The van der Waals surface area contributed by atoms with Gasteiger partial charge in [-0.1, -0.05) is 187 Å². The first-order valence-electron chi connectivity index (χ1n) is 23.0. The summed E-state index contributed by atoms with van der Waals surface area (Å²) in [4.78, 5) is 25.3. The molecule has 0 bridgehead atoms. The van der Waals surface area contributed by atoms with Gasteiger partial charge in [-0.2, -0.15) is 0 Å². The minimum atomic E-state index is -4.56. The molecule has 3 unspecified atom stereocenters. The predicted octanol–water partition coefficient (Wildman–Crippen LogP) is 12.1. The summed E-state index contributed by atoms with van der Waals surface area (Å²) in [5.41, 5.74) is 0. The fourth-order valence-electron chi connectivity index (χ4n) is 6.80. The molecule has 3 atom stereocenters. The third-order valence-corrected chi connectivity index (χ3v) is 11.5. The molecule has 0 aromatic rings. The fourth-order valence-corrected chi connectivity index (χ4v) is 7.52. The highest BCUT2D eigenvalue weighted by Crippen LogP contribution is 2.38. The molecule has 0 aromatic carbocycles. The van der Waals surface area contributed by atoms with Crippen LogP contribution in [0.4, 0.5) is 0 Å². The summed E-state index contributed by atoms with van der Waals surface area (Å²) in [6.07, 6.45) is 42.1. The van der Waals surface area contributed by atoms with Gasteiger partial charge in [-0.25, -0.2) is 0 Å². The summed E-state index contributed by atoms with van der Waals surface area (Å²) in [6.45, 7) is 4.72. The molecule has 0 saturated carbocycles. The van der Waals surface area contributed by atoms with Crippen molar-refractivity contribution in [2.75, 3.05) is 40.9 Å². The summed E-state index contributed by atoms with van der Waals surface area (Å²) in [7, 11) is 1.31. The smallest absolute Gasteiger partial charge is 0.268 e. The van der Waals surface area contributed by atoms with E-state index in [2.05, 4.69) is 31.3 Å². The second kappa shape index (κ2) is 37.8. The standard InChI is InChI=1S/C45H91N2O6P/c1-6-8-10-12-14-16-18-20-21-22-23-24-25-27-29-31-33-35-37-39-45(49)46-43(42-53-54(50,51)52-41-40-47(3,4)5)44(48)38-36-34-32-30-28-26-19-17-15-13-11-9-7-2/h20-21,43-44,48H,6-19,22-42H2,1-5H3,(H-,46,49,50,51)/b21-20-. The Bertz CT molecular complexity index is 896. The van der Waals surface area contributed by atoms with Crippen molar-refractivity contribution in [3.8, 4) is 0 Å². The summed E-state index contributed by atoms with van der Waals surface area (Å²) in [5.74, 6) is -0.166. The number of hydrogen-bond donors (Lipinski definition) is 2. The van der Waals surface area contributed by atoms with Crippen molar-refractivity contribution in [3.05, 3.63) is 12.2 Å². The van der Waals surface area contributed by atoms with Crippen LogP contribution in [0.1, 0.15) is 219 Å². The van der Waals surface area contributed by atoms with E-state index in [0.717, 1.165) is 38.5 Å². The maximum absolute atomic E-state index is 12.9. The zero-order valence-electron chi connectivity index (χ0n) is 36.4. The molecule has 0 saturated heterocycles. The van der Waals surface area contributed by atoms with Crippen LogP contribution in [0.25, 0.3) is 0 Å². The molecule has 0 heterocycles. The largest absolute Gasteiger partial charge is 0.756 e. The Morgan fingerprint density at radius 3 is 1.44 bits per heavy atom. The number of unbranched alkanes of at least 4 members (excludes halogenated alkanes) is 27. The number of rotatable bonds is 42. The van der Waals surface area contributed by atoms with E-state index in [1.165, 1.54) is 154 Å². The molecular formula is C45H91N2O6P. The number of nitrogens with one attached hydrogen (secondary N) is 1. The van der Waals surface area contributed by atoms with Gasteiger partial charge in [-0.05, 0) is 38.5 Å². The maximum atomic E-state index is 12.9. The Morgan fingerprint density at radius 1 is 0.630 bits per heavy atom. The number of hydrogen-bond acceptors (Lipinski definition) is 6. The highest BCUT2D eigenvalue weighted by molar-refractivity contribution is 7.45. The normalized spacial score (nSPS) is 14.4. The van der Waals surface area contributed by atoms with Gasteiger partial charge in [0.2, 0.25) is 5.91 Å². The number of phosphoric acid groups is 1. The van der Waals surface area contributed by atoms with Gasteiger partial charge in [0, 0.05) is 6.42 Å². The third kappa shape index (κ3) is 39.5. The van der Waals surface area contributed by atoms with E-state index in [-0.39, 0.29) is 19.1 Å². The van der Waals surface area contributed by atoms with Gasteiger partial charge < -0.3 is 28.8 Å². The number of amides is 1. The monoisotopic (exact) mass is 787 g/mol. The molecule has 2 N–H and O–H groups in total. The van der Waals surface area contributed by atoms with Crippen molar-refractivity contribution in [2.24, 2.45) is 0 Å². The first kappa shape index (κ1) is 53.2. The molecule has 0 aliphatic heterocycles. The van der Waals surface area contributed by atoms with Crippen molar-refractivity contribution in [2.45, 2.75) is 231 Å². The summed E-state index contributed by atoms with van der Waals surface area (Å²) >= 11 is 0. The number of aliphatic hydroxyl groups is 1. The number of phosphoric ester groups is 1. The summed E-state index contributed by atoms with van der Waals surface area (Å²) in [5, 5.41) is 13.9. The quantitative estimate of drug-likeness (QED) is 0.0276. The lowest BCUT2D eigenvalue weighted by atomic mass is 10.0.